The van der Waals surface area contributed by atoms with Crippen LogP contribution in [0.2, 0.25) is 0 Å². The van der Waals surface area contributed by atoms with Gasteiger partial charge in [-0.15, -0.1) is 0 Å². The molecule has 1 aliphatic rings. The molecule has 0 heterocycles. The summed E-state index contributed by atoms with van der Waals surface area (Å²) >= 11 is 0. The van der Waals surface area contributed by atoms with Crippen LogP contribution in [-0.2, 0) is 12.8 Å². The summed E-state index contributed by atoms with van der Waals surface area (Å²) in [7, 11) is 0. The van der Waals surface area contributed by atoms with Gasteiger partial charge in [0.25, 0.3) is 0 Å². The van der Waals surface area contributed by atoms with Gasteiger partial charge in [0.1, 0.15) is 0 Å². The normalized spacial score (nSPS) is 15.1. The van der Waals surface area contributed by atoms with E-state index in [1.54, 1.807) is 16.7 Å². The second-order valence-corrected chi connectivity index (χ2v) is 4.49. The number of hydrogen-bond acceptors (Lipinski definition) is 0. The van der Waals surface area contributed by atoms with Crippen molar-refractivity contribution < 1.29 is 0 Å². The summed E-state index contributed by atoms with van der Waals surface area (Å²) in [6.45, 7) is 6.81. The Bertz CT molecular complexity index is 321. The zero-order valence-corrected chi connectivity index (χ0v) is 8.85. The van der Waals surface area contributed by atoms with Crippen molar-refractivity contribution in [3.8, 4) is 0 Å². The molecule has 0 spiro atoms. The average Bonchev–Trinajstić information content (AvgIpc) is 2.48. The van der Waals surface area contributed by atoms with Crippen molar-refractivity contribution in [3.63, 3.8) is 0 Å². The van der Waals surface area contributed by atoms with Gasteiger partial charge in [0.2, 0.25) is 0 Å². The maximum atomic E-state index is 2.43. The van der Waals surface area contributed by atoms with Gasteiger partial charge in [-0.05, 0) is 54.4 Å². The summed E-state index contributed by atoms with van der Waals surface area (Å²) in [6.07, 6.45) is 3.96. The first-order chi connectivity index (χ1) is 6.18. The quantitative estimate of drug-likeness (QED) is 0.610. The number of rotatable bonds is 1. The minimum absolute atomic E-state index is 0.672. The number of fused-ring (bicyclic) bond motifs is 1. The molecule has 0 unspecified atom stereocenters. The summed E-state index contributed by atoms with van der Waals surface area (Å²) in [6, 6.07) is 4.83. The highest BCUT2D eigenvalue weighted by molar-refractivity contribution is 5.41. The molecular formula is C13H18. The SMILES string of the molecule is Cc1cc2c(cc1C(C)C)CCC2. The molecule has 0 bridgehead atoms. The smallest absolute Gasteiger partial charge is 0.0216 e. The van der Waals surface area contributed by atoms with E-state index in [1.807, 2.05) is 0 Å². The van der Waals surface area contributed by atoms with Crippen molar-refractivity contribution in [3.05, 3.63) is 34.4 Å². The van der Waals surface area contributed by atoms with Crippen LogP contribution in [0.15, 0.2) is 12.1 Å². The lowest BCUT2D eigenvalue weighted by atomic mass is 9.94. The molecule has 13 heavy (non-hydrogen) atoms. The lowest BCUT2D eigenvalue weighted by Crippen LogP contribution is -1.95. The lowest BCUT2D eigenvalue weighted by molar-refractivity contribution is 0.852. The summed E-state index contributed by atoms with van der Waals surface area (Å²) in [5.74, 6) is 0.672. The Balaban J connectivity index is 2.49. The van der Waals surface area contributed by atoms with Gasteiger partial charge in [0, 0.05) is 0 Å². The van der Waals surface area contributed by atoms with Crippen LogP contribution in [0.1, 0.15) is 48.4 Å². The molecule has 0 fully saturated rings. The molecule has 0 aliphatic heterocycles. The molecule has 0 nitrogen and oxygen atoms in total. The number of aryl methyl sites for hydroxylation is 3. The summed E-state index contributed by atoms with van der Waals surface area (Å²) in [5.41, 5.74) is 6.23. The molecule has 70 valence electrons. The van der Waals surface area contributed by atoms with Crippen LogP contribution in [0.3, 0.4) is 0 Å². The molecule has 1 aromatic carbocycles. The van der Waals surface area contributed by atoms with Crippen LogP contribution < -0.4 is 0 Å². The van der Waals surface area contributed by atoms with Crippen molar-refractivity contribution >= 4 is 0 Å². The Kier molecular flexibility index (Phi) is 2.15. The molecule has 1 aromatic rings. The van der Waals surface area contributed by atoms with Crippen LogP contribution in [-0.4, -0.2) is 0 Å². The first-order valence-electron chi connectivity index (χ1n) is 5.31. The zero-order valence-electron chi connectivity index (χ0n) is 8.85. The second-order valence-electron chi connectivity index (χ2n) is 4.49. The molecule has 0 aromatic heterocycles. The molecule has 0 saturated carbocycles. The van der Waals surface area contributed by atoms with E-state index >= 15 is 0 Å². The van der Waals surface area contributed by atoms with E-state index in [9.17, 15) is 0 Å². The topological polar surface area (TPSA) is 0 Å². The number of hydrogen-bond donors (Lipinski definition) is 0. The fourth-order valence-electron chi connectivity index (χ4n) is 2.39. The molecule has 0 saturated heterocycles. The highest BCUT2D eigenvalue weighted by Gasteiger charge is 2.13. The predicted molar refractivity (Wildman–Crippen MR) is 57.3 cm³/mol. The van der Waals surface area contributed by atoms with E-state index in [1.165, 1.54) is 24.8 Å². The highest BCUT2D eigenvalue weighted by Crippen LogP contribution is 2.28. The molecule has 0 atom stereocenters. The fraction of sp³-hybridized carbons (Fsp3) is 0.538. The van der Waals surface area contributed by atoms with Crippen LogP contribution in [0.25, 0.3) is 0 Å². The third kappa shape index (κ3) is 1.50. The van der Waals surface area contributed by atoms with Crippen LogP contribution in [0, 0.1) is 6.92 Å². The first-order valence-corrected chi connectivity index (χ1v) is 5.31. The second kappa shape index (κ2) is 3.17. The Morgan fingerprint density at radius 1 is 1.08 bits per heavy atom. The van der Waals surface area contributed by atoms with Crippen molar-refractivity contribution in [1.82, 2.24) is 0 Å². The fourth-order valence-corrected chi connectivity index (χ4v) is 2.39. The Morgan fingerprint density at radius 2 is 1.69 bits per heavy atom. The molecular weight excluding hydrogens is 156 g/mol. The van der Waals surface area contributed by atoms with E-state index in [0.717, 1.165) is 0 Å². The minimum atomic E-state index is 0.672. The van der Waals surface area contributed by atoms with E-state index in [4.69, 9.17) is 0 Å². The molecule has 1 aliphatic carbocycles. The maximum Gasteiger partial charge on any atom is -0.0216 e. The maximum absolute atomic E-state index is 2.43. The van der Waals surface area contributed by atoms with Gasteiger partial charge in [-0.3, -0.25) is 0 Å². The van der Waals surface area contributed by atoms with Gasteiger partial charge in [0.05, 0.1) is 0 Å². The van der Waals surface area contributed by atoms with Gasteiger partial charge < -0.3 is 0 Å². The van der Waals surface area contributed by atoms with Crippen molar-refractivity contribution in [2.45, 2.75) is 46.0 Å². The third-order valence-electron chi connectivity index (χ3n) is 3.10. The molecule has 0 heteroatoms. The average molecular weight is 174 g/mol. The minimum Gasteiger partial charge on any atom is -0.0587 e. The standard InChI is InChI=1S/C13H18/c1-9(2)13-8-12-6-4-5-11(12)7-10(13)3/h7-9H,4-6H2,1-3H3. The van der Waals surface area contributed by atoms with Crippen LogP contribution in [0.5, 0.6) is 0 Å². The highest BCUT2D eigenvalue weighted by atomic mass is 14.2. The Morgan fingerprint density at radius 3 is 2.31 bits per heavy atom. The molecule has 0 radical (unpaired) electrons. The van der Waals surface area contributed by atoms with Crippen molar-refractivity contribution in [2.75, 3.05) is 0 Å². The lowest BCUT2D eigenvalue weighted by Gasteiger charge is -2.12. The molecule has 0 N–H and O–H groups in total. The van der Waals surface area contributed by atoms with Crippen LogP contribution >= 0.6 is 0 Å². The largest absolute Gasteiger partial charge is 0.0587 e. The Hall–Kier alpha value is -0.780. The van der Waals surface area contributed by atoms with Gasteiger partial charge in [-0.1, -0.05) is 26.0 Å². The molecule has 0 amide bonds. The summed E-state index contributed by atoms with van der Waals surface area (Å²) < 4.78 is 0. The zero-order chi connectivity index (χ0) is 9.42. The molecule has 2 rings (SSSR count). The third-order valence-corrected chi connectivity index (χ3v) is 3.10. The van der Waals surface area contributed by atoms with E-state index < -0.39 is 0 Å². The summed E-state index contributed by atoms with van der Waals surface area (Å²) in [5, 5.41) is 0. The summed E-state index contributed by atoms with van der Waals surface area (Å²) in [4.78, 5) is 0. The predicted octanol–water partition coefficient (Wildman–Crippen LogP) is 3.61. The van der Waals surface area contributed by atoms with Gasteiger partial charge in [0.15, 0.2) is 0 Å². The Labute approximate surface area is 81.0 Å². The van der Waals surface area contributed by atoms with Gasteiger partial charge in [-0.25, -0.2) is 0 Å². The van der Waals surface area contributed by atoms with Crippen LogP contribution in [0.4, 0.5) is 0 Å². The van der Waals surface area contributed by atoms with E-state index in [-0.39, 0.29) is 0 Å². The first kappa shape index (κ1) is 8.80. The number of benzene rings is 1. The monoisotopic (exact) mass is 174 g/mol. The van der Waals surface area contributed by atoms with Gasteiger partial charge >= 0.3 is 0 Å². The van der Waals surface area contributed by atoms with E-state index in [2.05, 4.69) is 32.9 Å². The van der Waals surface area contributed by atoms with E-state index in [0.29, 0.717) is 5.92 Å². The van der Waals surface area contributed by atoms with Crippen molar-refractivity contribution in [2.24, 2.45) is 0 Å². The van der Waals surface area contributed by atoms with Crippen molar-refractivity contribution in [1.29, 1.82) is 0 Å². The van der Waals surface area contributed by atoms with Gasteiger partial charge in [-0.2, -0.15) is 0 Å².